The first kappa shape index (κ1) is 16.0. The van der Waals surface area contributed by atoms with Crippen LogP contribution >= 0.6 is 11.8 Å². The highest BCUT2D eigenvalue weighted by Gasteiger charge is 2.30. The highest BCUT2D eigenvalue weighted by Crippen LogP contribution is 2.33. The molecule has 0 radical (unpaired) electrons. The van der Waals surface area contributed by atoms with Gasteiger partial charge in [-0.2, -0.15) is 0 Å². The minimum absolute atomic E-state index is 0.0136. The second-order valence-corrected chi connectivity index (χ2v) is 6.16. The lowest BCUT2D eigenvalue weighted by atomic mass is 9.94. The summed E-state index contributed by atoms with van der Waals surface area (Å²) in [4.78, 5) is 10.7. The summed E-state index contributed by atoms with van der Waals surface area (Å²) in [6, 6.07) is 0. The predicted molar refractivity (Wildman–Crippen MR) is 76.7 cm³/mol. The van der Waals surface area contributed by atoms with Crippen molar-refractivity contribution < 1.29 is 9.90 Å². The molecular weight excluding hydrogens is 262 g/mol. The summed E-state index contributed by atoms with van der Waals surface area (Å²) >= 11 is 1.24. The van der Waals surface area contributed by atoms with Crippen molar-refractivity contribution >= 4 is 17.7 Å². The maximum absolute atomic E-state index is 10.7. The number of aromatic nitrogens is 3. The van der Waals surface area contributed by atoms with Gasteiger partial charge >= 0.3 is 5.97 Å². The first-order valence-electron chi connectivity index (χ1n) is 6.66. The van der Waals surface area contributed by atoms with Crippen molar-refractivity contribution in [3.63, 3.8) is 0 Å². The Balaban J connectivity index is 3.22. The Morgan fingerprint density at radius 3 is 2.37 bits per heavy atom. The number of nitrogens with zero attached hydrogens (tertiary/aromatic N) is 3. The van der Waals surface area contributed by atoms with Crippen molar-refractivity contribution in [2.75, 3.05) is 5.75 Å². The van der Waals surface area contributed by atoms with E-state index in [-0.39, 0.29) is 17.2 Å². The lowest BCUT2D eigenvalue weighted by Gasteiger charge is -2.32. The topological polar surface area (TPSA) is 68.0 Å². The van der Waals surface area contributed by atoms with Gasteiger partial charge in [-0.25, -0.2) is 0 Å². The first-order chi connectivity index (χ1) is 8.85. The number of aliphatic carboxylic acids is 1. The zero-order valence-electron chi connectivity index (χ0n) is 12.3. The molecule has 5 nitrogen and oxygen atoms in total. The van der Waals surface area contributed by atoms with Gasteiger partial charge in [0.05, 0.1) is 5.75 Å². The summed E-state index contributed by atoms with van der Waals surface area (Å²) in [5.41, 5.74) is -0.0655. The number of carbonyl (C=O) groups is 1. The van der Waals surface area contributed by atoms with Gasteiger partial charge in [0.25, 0.3) is 0 Å². The molecule has 0 saturated heterocycles. The largest absolute Gasteiger partial charge is 0.481 e. The number of hydrogen-bond acceptors (Lipinski definition) is 4. The zero-order valence-corrected chi connectivity index (χ0v) is 13.1. The molecule has 1 aromatic heterocycles. The smallest absolute Gasteiger partial charge is 0.313 e. The molecule has 0 spiro atoms. The minimum atomic E-state index is -0.833. The Labute approximate surface area is 118 Å². The van der Waals surface area contributed by atoms with Crippen molar-refractivity contribution in [2.24, 2.45) is 0 Å². The summed E-state index contributed by atoms with van der Waals surface area (Å²) < 4.78 is 2.13. The van der Waals surface area contributed by atoms with Gasteiger partial charge in [-0.05, 0) is 19.8 Å². The van der Waals surface area contributed by atoms with Crippen LogP contribution < -0.4 is 0 Å². The van der Waals surface area contributed by atoms with E-state index in [9.17, 15) is 4.79 Å². The highest BCUT2D eigenvalue weighted by atomic mass is 32.2. The van der Waals surface area contributed by atoms with E-state index in [0.29, 0.717) is 5.16 Å². The Morgan fingerprint density at radius 2 is 1.95 bits per heavy atom. The van der Waals surface area contributed by atoms with E-state index >= 15 is 0 Å². The average molecular weight is 285 g/mol. The highest BCUT2D eigenvalue weighted by molar-refractivity contribution is 7.99. The van der Waals surface area contributed by atoms with Crippen molar-refractivity contribution in [3.8, 4) is 0 Å². The molecular formula is C13H23N3O2S. The normalized spacial score (nSPS) is 12.1. The van der Waals surface area contributed by atoms with Crippen LogP contribution in [-0.4, -0.2) is 31.6 Å². The monoisotopic (exact) mass is 285 g/mol. The van der Waals surface area contributed by atoms with Gasteiger partial charge in [0.2, 0.25) is 0 Å². The Morgan fingerprint density at radius 1 is 1.37 bits per heavy atom. The van der Waals surface area contributed by atoms with Crippen LogP contribution in [0.1, 0.15) is 59.2 Å². The van der Waals surface area contributed by atoms with Crippen molar-refractivity contribution in [3.05, 3.63) is 5.82 Å². The fourth-order valence-corrected chi connectivity index (χ4v) is 2.74. The maximum Gasteiger partial charge on any atom is 0.313 e. The molecule has 0 aliphatic carbocycles. The van der Waals surface area contributed by atoms with Gasteiger partial charge in [-0.1, -0.05) is 39.5 Å². The van der Waals surface area contributed by atoms with Crippen molar-refractivity contribution in [1.82, 2.24) is 14.8 Å². The van der Waals surface area contributed by atoms with Gasteiger partial charge in [0.15, 0.2) is 5.16 Å². The van der Waals surface area contributed by atoms with Crippen molar-refractivity contribution in [2.45, 2.75) is 64.1 Å². The van der Waals surface area contributed by atoms with Crippen LogP contribution in [0.15, 0.2) is 5.16 Å². The fourth-order valence-electron chi connectivity index (χ4n) is 1.95. The summed E-state index contributed by atoms with van der Waals surface area (Å²) in [7, 11) is 0. The Kier molecular flexibility index (Phi) is 5.40. The summed E-state index contributed by atoms with van der Waals surface area (Å²) in [6.45, 7) is 10.6. The molecule has 1 N–H and O–H groups in total. The molecule has 19 heavy (non-hydrogen) atoms. The van der Waals surface area contributed by atoms with E-state index in [1.807, 2.05) is 0 Å². The molecule has 0 aromatic carbocycles. The molecule has 0 aliphatic rings. The van der Waals surface area contributed by atoms with Gasteiger partial charge in [-0.3, -0.25) is 9.36 Å². The number of rotatable bonds is 7. The molecule has 0 bridgehead atoms. The minimum Gasteiger partial charge on any atom is -0.481 e. The number of carboxylic acids is 1. The van der Waals surface area contributed by atoms with Gasteiger partial charge in [0.1, 0.15) is 5.82 Å². The van der Waals surface area contributed by atoms with E-state index in [2.05, 4.69) is 49.4 Å². The second-order valence-electron chi connectivity index (χ2n) is 5.22. The molecule has 0 unspecified atom stereocenters. The molecule has 0 aliphatic heterocycles. The lowest BCUT2D eigenvalue weighted by Crippen LogP contribution is -2.31. The van der Waals surface area contributed by atoms with Crippen LogP contribution in [0.3, 0.4) is 0 Å². The molecule has 1 rings (SSSR count). The molecule has 6 heteroatoms. The molecule has 0 amide bonds. The summed E-state index contributed by atoms with van der Waals surface area (Å²) in [6.07, 6.45) is 1.92. The third-order valence-electron chi connectivity index (χ3n) is 3.56. The second kappa shape index (κ2) is 6.41. The van der Waals surface area contributed by atoms with E-state index in [1.165, 1.54) is 11.8 Å². The molecule has 0 fully saturated rings. The summed E-state index contributed by atoms with van der Waals surface area (Å²) in [5.74, 6) is 0.378. The molecule has 0 atom stereocenters. The number of hydrogen-bond donors (Lipinski definition) is 1. The maximum atomic E-state index is 10.7. The van der Waals surface area contributed by atoms with Crippen LogP contribution in [0.4, 0.5) is 0 Å². The van der Waals surface area contributed by atoms with Gasteiger partial charge in [-0.15, -0.1) is 10.2 Å². The van der Waals surface area contributed by atoms with E-state index in [4.69, 9.17) is 5.11 Å². The van der Waals surface area contributed by atoms with Crippen molar-refractivity contribution in [1.29, 1.82) is 0 Å². The third kappa shape index (κ3) is 3.49. The SMILES string of the molecule is CCC(C)(CC)n1c(SCC(=O)O)nnc1C(C)C. The predicted octanol–water partition coefficient (Wildman–Crippen LogP) is 3.11. The van der Waals surface area contributed by atoms with Crippen LogP contribution in [0.25, 0.3) is 0 Å². The van der Waals surface area contributed by atoms with Crippen LogP contribution in [0, 0.1) is 0 Å². The standard InChI is InChI=1S/C13H23N3O2S/c1-6-13(5,7-2)16-11(9(3)4)14-15-12(16)19-8-10(17)18/h9H,6-8H2,1-5H3,(H,17,18). The molecule has 108 valence electrons. The first-order valence-corrected chi connectivity index (χ1v) is 7.64. The van der Waals surface area contributed by atoms with E-state index in [1.54, 1.807) is 0 Å². The summed E-state index contributed by atoms with van der Waals surface area (Å²) in [5, 5.41) is 18.0. The number of carboxylic acid groups (broad SMARTS) is 1. The fraction of sp³-hybridized carbons (Fsp3) is 0.769. The Bertz CT molecular complexity index is 439. The average Bonchev–Trinajstić information content (AvgIpc) is 2.80. The van der Waals surface area contributed by atoms with Crippen LogP contribution in [-0.2, 0) is 10.3 Å². The molecule has 1 aromatic rings. The van der Waals surface area contributed by atoms with E-state index in [0.717, 1.165) is 18.7 Å². The molecule has 0 saturated carbocycles. The van der Waals surface area contributed by atoms with E-state index < -0.39 is 5.97 Å². The van der Waals surface area contributed by atoms with Gasteiger partial charge in [0, 0.05) is 11.5 Å². The van der Waals surface area contributed by atoms with Crippen LogP contribution in [0.5, 0.6) is 0 Å². The molecule has 1 heterocycles. The van der Waals surface area contributed by atoms with Gasteiger partial charge < -0.3 is 5.11 Å². The van der Waals surface area contributed by atoms with Crippen LogP contribution in [0.2, 0.25) is 0 Å². The third-order valence-corrected chi connectivity index (χ3v) is 4.48. The quantitative estimate of drug-likeness (QED) is 0.780. The Hall–Kier alpha value is -1.04. The lowest BCUT2D eigenvalue weighted by molar-refractivity contribution is -0.133. The zero-order chi connectivity index (χ0) is 14.6. The number of thioether (sulfide) groups is 1.